The first-order chi connectivity index (χ1) is 11.1. The smallest absolute Gasteiger partial charge is 0.310 e. The number of carbonyl (C=O) groups is 2. The van der Waals surface area contributed by atoms with Gasteiger partial charge in [0.2, 0.25) is 0 Å². The molecule has 0 aromatic heterocycles. The van der Waals surface area contributed by atoms with Gasteiger partial charge in [-0.25, -0.2) is 0 Å². The summed E-state index contributed by atoms with van der Waals surface area (Å²) in [6.45, 7) is 3.69. The lowest BCUT2D eigenvalue weighted by Crippen LogP contribution is -2.22. The van der Waals surface area contributed by atoms with Gasteiger partial charge >= 0.3 is 5.97 Å². The van der Waals surface area contributed by atoms with Gasteiger partial charge in [0.05, 0.1) is 6.42 Å². The molecule has 0 aliphatic carbocycles. The van der Waals surface area contributed by atoms with Crippen molar-refractivity contribution in [3.05, 3.63) is 65.2 Å². The van der Waals surface area contributed by atoms with Crippen LogP contribution in [0.25, 0.3) is 0 Å². The number of amides is 1. The number of aryl methyl sites for hydroxylation is 2. The molecular formula is C19H21NO3. The number of para-hydroxylation sites is 1. The summed E-state index contributed by atoms with van der Waals surface area (Å²) in [5, 5.41) is 2.78. The fourth-order valence-corrected chi connectivity index (χ4v) is 2.30. The second-order valence-electron chi connectivity index (χ2n) is 5.32. The molecule has 0 aliphatic heterocycles. The highest BCUT2D eigenvalue weighted by atomic mass is 16.5. The molecule has 2 aromatic rings. The molecule has 0 aliphatic rings. The van der Waals surface area contributed by atoms with Crippen molar-refractivity contribution in [3.8, 4) is 0 Å². The second kappa shape index (κ2) is 8.13. The molecule has 0 fully saturated rings. The standard InChI is InChI=1S/C19H21NO3/c1-3-15-9-6-7-11-17(15)20-18(21)13-23-19(22)12-16-10-5-4-8-14(16)2/h4-11H,3,12-13H2,1-2H3,(H,20,21). The molecule has 0 saturated heterocycles. The lowest BCUT2D eigenvalue weighted by molar-refractivity contribution is -0.146. The molecule has 2 aromatic carbocycles. The Morgan fingerprint density at radius 2 is 1.65 bits per heavy atom. The van der Waals surface area contributed by atoms with Crippen LogP contribution in [-0.4, -0.2) is 18.5 Å². The summed E-state index contributed by atoms with van der Waals surface area (Å²) in [7, 11) is 0. The summed E-state index contributed by atoms with van der Waals surface area (Å²) in [5.74, 6) is -0.734. The van der Waals surface area contributed by atoms with Gasteiger partial charge in [0.15, 0.2) is 6.61 Å². The molecular weight excluding hydrogens is 290 g/mol. The number of esters is 1. The minimum atomic E-state index is -0.404. The number of carbonyl (C=O) groups excluding carboxylic acids is 2. The third kappa shape index (κ3) is 4.95. The van der Waals surface area contributed by atoms with Gasteiger partial charge in [0, 0.05) is 5.69 Å². The molecule has 0 unspecified atom stereocenters. The first-order valence-electron chi connectivity index (χ1n) is 7.68. The highest BCUT2D eigenvalue weighted by Crippen LogP contribution is 2.15. The summed E-state index contributed by atoms with van der Waals surface area (Å²) in [6, 6.07) is 15.2. The molecule has 4 nitrogen and oxygen atoms in total. The maximum absolute atomic E-state index is 11.9. The van der Waals surface area contributed by atoms with Gasteiger partial charge in [-0.2, -0.15) is 0 Å². The highest BCUT2D eigenvalue weighted by molar-refractivity contribution is 5.93. The van der Waals surface area contributed by atoms with E-state index in [1.165, 1.54) is 0 Å². The van der Waals surface area contributed by atoms with E-state index in [9.17, 15) is 9.59 Å². The number of hydrogen-bond acceptors (Lipinski definition) is 3. The molecule has 0 heterocycles. The number of anilines is 1. The molecule has 120 valence electrons. The molecule has 0 radical (unpaired) electrons. The zero-order chi connectivity index (χ0) is 16.7. The van der Waals surface area contributed by atoms with Crippen LogP contribution >= 0.6 is 0 Å². The van der Waals surface area contributed by atoms with Crippen molar-refractivity contribution >= 4 is 17.6 Å². The normalized spacial score (nSPS) is 10.2. The number of nitrogens with one attached hydrogen (secondary N) is 1. The van der Waals surface area contributed by atoms with Crippen LogP contribution in [0, 0.1) is 6.92 Å². The predicted molar refractivity (Wildman–Crippen MR) is 90.3 cm³/mol. The van der Waals surface area contributed by atoms with Crippen LogP contribution in [0.5, 0.6) is 0 Å². The van der Waals surface area contributed by atoms with Gasteiger partial charge in [-0.1, -0.05) is 49.4 Å². The zero-order valence-electron chi connectivity index (χ0n) is 13.5. The van der Waals surface area contributed by atoms with Gasteiger partial charge in [-0.3, -0.25) is 9.59 Å². The maximum Gasteiger partial charge on any atom is 0.310 e. The minimum absolute atomic E-state index is 0.172. The zero-order valence-corrected chi connectivity index (χ0v) is 13.5. The van der Waals surface area contributed by atoms with Gasteiger partial charge < -0.3 is 10.1 Å². The Kier molecular flexibility index (Phi) is 5.92. The average Bonchev–Trinajstić information content (AvgIpc) is 2.55. The quantitative estimate of drug-likeness (QED) is 0.833. The average molecular weight is 311 g/mol. The SMILES string of the molecule is CCc1ccccc1NC(=O)COC(=O)Cc1ccccc1C. The summed E-state index contributed by atoms with van der Waals surface area (Å²) in [4.78, 5) is 23.8. The molecule has 0 atom stereocenters. The van der Waals surface area contributed by atoms with Gasteiger partial charge in [-0.05, 0) is 36.1 Å². The molecule has 0 spiro atoms. The Balaban J connectivity index is 1.84. The van der Waals surface area contributed by atoms with Crippen molar-refractivity contribution in [1.29, 1.82) is 0 Å². The Bertz CT molecular complexity index is 695. The number of ether oxygens (including phenoxy) is 1. The number of rotatable bonds is 6. The van der Waals surface area contributed by atoms with E-state index in [0.717, 1.165) is 28.8 Å². The molecule has 23 heavy (non-hydrogen) atoms. The van der Waals surface area contributed by atoms with Crippen LogP contribution < -0.4 is 5.32 Å². The Labute approximate surface area is 136 Å². The molecule has 0 saturated carbocycles. The van der Waals surface area contributed by atoms with Crippen LogP contribution in [-0.2, 0) is 27.2 Å². The number of hydrogen-bond donors (Lipinski definition) is 1. The van der Waals surface area contributed by atoms with Crippen LogP contribution in [0.2, 0.25) is 0 Å². The van der Waals surface area contributed by atoms with E-state index in [1.807, 2.05) is 62.4 Å². The summed E-state index contributed by atoms with van der Waals surface area (Å²) >= 11 is 0. The summed E-state index contributed by atoms with van der Waals surface area (Å²) in [5.41, 5.74) is 3.75. The van der Waals surface area contributed by atoms with Gasteiger partial charge in [-0.15, -0.1) is 0 Å². The van der Waals surface area contributed by atoms with Crippen molar-refractivity contribution in [1.82, 2.24) is 0 Å². The Morgan fingerprint density at radius 3 is 2.35 bits per heavy atom. The minimum Gasteiger partial charge on any atom is -0.455 e. The molecule has 1 amide bonds. The van der Waals surface area contributed by atoms with E-state index in [-0.39, 0.29) is 18.9 Å². The first-order valence-corrected chi connectivity index (χ1v) is 7.68. The van der Waals surface area contributed by atoms with Crippen LogP contribution in [0.4, 0.5) is 5.69 Å². The predicted octanol–water partition coefficient (Wildman–Crippen LogP) is 3.28. The largest absolute Gasteiger partial charge is 0.455 e. The van der Waals surface area contributed by atoms with Gasteiger partial charge in [0.1, 0.15) is 0 Å². The second-order valence-corrected chi connectivity index (χ2v) is 5.32. The molecule has 4 heteroatoms. The van der Waals surface area contributed by atoms with E-state index in [4.69, 9.17) is 4.74 Å². The van der Waals surface area contributed by atoms with Crippen LogP contribution in [0.3, 0.4) is 0 Å². The molecule has 2 rings (SSSR count). The number of benzene rings is 2. The van der Waals surface area contributed by atoms with E-state index in [1.54, 1.807) is 0 Å². The van der Waals surface area contributed by atoms with Crippen molar-refractivity contribution < 1.29 is 14.3 Å². The van der Waals surface area contributed by atoms with E-state index in [0.29, 0.717) is 0 Å². The Hall–Kier alpha value is -2.62. The fourth-order valence-electron chi connectivity index (χ4n) is 2.30. The van der Waals surface area contributed by atoms with Crippen molar-refractivity contribution in [2.24, 2.45) is 0 Å². The lowest BCUT2D eigenvalue weighted by Gasteiger charge is -2.10. The summed E-state index contributed by atoms with van der Waals surface area (Å²) < 4.78 is 5.06. The third-order valence-electron chi connectivity index (χ3n) is 3.63. The molecule has 0 bridgehead atoms. The van der Waals surface area contributed by atoms with E-state index < -0.39 is 5.97 Å². The van der Waals surface area contributed by atoms with E-state index in [2.05, 4.69) is 5.32 Å². The van der Waals surface area contributed by atoms with Crippen LogP contribution in [0.1, 0.15) is 23.6 Å². The van der Waals surface area contributed by atoms with Crippen LogP contribution in [0.15, 0.2) is 48.5 Å². The Morgan fingerprint density at radius 1 is 1.00 bits per heavy atom. The van der Waals surface area contributed by atoms with Crippen molar-refractivity contribution in [3.63, 3.8) is 0 Å². The monoisotopic (exact) mass is 311 g/mol. The van der Waals surface area contributed by atoms with E-state index >= 15 is 0 Å². The lowest BCUT2D eigenvalue weighted by atomic mass is 10.1. The van der Waals surface area contributed by atoms with Crippen molar-refractivity contribution in [2.75, 3.05) is 11.9 Å². The fraction of sp³-hybridized carbons (Fsp3) is 0.263. The maximum atomic E-state index is 11.9. The topological polar surface area (TPSA) is 55.4 Å². The summed E-state index contributed by atoms with van der Waals surface area (Å²) in [6.07, 6.45) is 0.995. The van der Waals surface area contributed by atoms with Gasteiger partial charge in [0.25, 0.3) is 5.91 Å². The van der Waals surface area contributed by atoms with Crippen molar-refractivity contribution in [2.45, 2.75) is 26.7 Å². The molecule has 1 N–H and O–H groups in total. The highest BCUT2D eigenvalue weighted by Gasteiger charge is 2.11. The first kappa shape index (κ1) is 16.7. The third-order valence-corrected chi connectivity index (χ3v) is 3.63.